The molecule has 0 radical (unpaired) electrons. The lowest BCUT2D eigenvalue weighted by molar-refractivity contribution is -0.139. The zero-order valence-corrected chi connectivity index (χ0v) is 9.98. The third-order valence-corrected chi connectivity index (χ3v) is 2.80. The number of anilines is 1. The molecule has 2 aromatic heterocycles. The molecule has 7 heteroatoms. The predicted molar refractivity (Wildman–Crippen MR) is 66.2 cm³/mol. The Hall–Kier alpha value is -2.28. The summed E-state index contributed by atoms with van der Waals surface area (Å²) < 4.78 is 0. The number of nitrogens with zero attached hydrogens (tertiary/aromatic N) is 2. The summed E-state index contributed by atoms with van der Waals surface area (Å²) in [6, 6.07) is 3.61. The minimum Gasteiger partial charge on any atom is -0.481 e. The SMILES string of the molecule is O=C(O)CC(=O)Nc1nc(-c2ccncc2)cs1. The Bertz CT molecular complexity index is 568. The first-order chi connectivity index (χ1) is 8.65. The number of carbonyl (C=O) groups is 2. The summed E-state index contributed by atoms with van der Waals surface area (Å²) in [4.78, 5) is 29.7. The lowest BCUT2D eigenvalue weighted by atomic mass is 10.2. The fourth-order valence-corrected chi connectivity index (χ4v) is 2.02. The number of carboxylic acids is 1. The first-order valence-corrected chi connectivity index (χ1v) is 5.90. The van der Waals surface area contributed by atoms with Crippen LogP contribution in [0.5, 0.6) is 0 Å². The average Bonchev–Trinajstić information content (AvgIpc) is 2.77. The van der Waals surface area contributed by atoms with Gasteiger partial charge in [-0.2, -0.15) is 0 Å². The predicted octanol–water partition coefficient (Wildman–Crippen LogP) is 1.62. The minimum atomic E-state index is -1.17. The van der Waals surface area contributed by atoms with Crippen LogP contribution in [0.25, 0.3) is 11.3 Å². The zero-order valence-electron chi connectivity index (χ0n) is 9.16. The van der Waals surface area contributed by atoms with Crippen LogP contribution in [0.4, 0.5) is 5.13 Å². The van der Waals surface area contributed by atoms with Crippen molar-refractivity contribution in [3.63, 3.8) is 0 Å². The summed E-state index contributed by atoms with van der Waals surface area (Å²) in [6.45, 7) is 0. The van der Waals surface area contributed by atoms with E-state index in [0.717, 1.165) is 5.56 Å². The number of carbonyl (C=O) groups excluding carboxylic acids is 1. The molecule has 0 unspecified atom stereocenters. The van der Waals surface area contributed by atoms with Crippen molar-refractivity contribution >= 4 is 28.3 Å². The van der Waals surface area contributed by atoms with Crippen molar-refractivity contribution in [2.45, 2.75) is 6.42 Å². The zero-order chi connectivity index (χ0) is 13.0. The smallest absolute Gasteiger partial charge is 0.312 e. The molecule has 0 saturated carbocycles. The van der Waals surface area contributed by atoms with Gasteiger partial charge in [0.15, 0.2) is 5.13 Å². The quantitative estimate of drug-likeness (QED) is 0.818. The van der Waals surface area contributed by atoms with Gasteiger partial charge in [0.1, 0.15) is 6.42 Å². The van der Waals surface area contributed by atoms with E-state index in [0.29, 0.717) is 10.8 Å². The molecule has 0 aromatic carbocycles. The molecule has 0 aliphatic carbocycles. The summed E-state index contributed by atoms with van der Waals surface area (Å²) in [5, 5.41) is 13.1. The largest absolute Gasteiger partial charge is 0.481 e. The lowest BCUT2D eigenvalue weighted by Crippen LogP contribution is -2.15. The maximum Gasteiger partial charge on any atom is 0.312 e. The molecule has 0 fully saturated rings. The van der Waals surface area contributed by atoms with E-state index in [1.54, 1.807) is 29.9 Å². The number of nitrogens with one attached hydrogen (secondary N) is 1. The molecule has 0 aliphatic heterocycles. The van der Waals surface area contributed by atoms with Crippen LogP contribution in [-0.4, -0.2) is 27.0 Å². The van der Waals surface area contributed by atoms with Gasteiger partial charge >= 0.3 is 5.97 Å². The van der Waals surface area contributed by atoms with Crippen LogP contribution in [0.3, 0.4) is 0 Å². The molecule has 0 spiro atoms. The highest BCUT2D eigenvalue weighted by Crippen LogP contribution is 2.24. The van der Waals surface area contributed by atoms with E-state index in [2.05, 4.69) is 15.3 Å². The van der Waals surface area contributed by atoms with Crippen molar-refractivity contribution in [2.75, 3.05) is 5.32 Å². The number of rotatable bonds is 4. The Morgan fingerprint density at radius 3 is 2.72 bits per heavy atom. The number of hydrogen-bond donors (Lipinski definition) is 2. The third kappa shape index (κ3) is 3.11. The van der Waals surface area contributed by atoms with Crippen molar-refractivity contribution < 1.29 is 14.7 Å². The summed E-state index contributed by atoms with van der Waals surface area (Å²) in [7, 11) is 0. The monoisotopic (exact) mass is 263 g/mol. The number of hydrogen-bond acceptors (Lipinski definition) is 5. The topological polar surface area (TPSA) is 92.2 Å². The summed E-state index contributed by atoms with van der Waals surface area (Å²) in [6.07, 6.45) is 2.74. The molecule has 2 N–H and O–H groups in total. The molecule has 92 valence electrons. The van der Waals surface area contributed by atoms with E-state index in [9.17, 15) is 9.59 Å². The second-order valence-corrected chi connectivity index (χ2v) is 4.25. The van der Waals surface area contributed by atoms with Gasteiger partial charge in [0.25, 0.3) is 0 Å². The van der Waals surface area contributed by atoms with Crippen molar-refractivity contribution in [1.29, 1.82) is 0 Å². The van der Waals surface area contributed by atoms with Gasteiger partial charge in [0.2, 0.25) is 5.91 Å². The van der Waals surface area contributed by atoms with Gasteiger partial charge in [0.05, 0.1) is 5.69 Å². The van der Waals surface area contributed by atoms with E-state index >= 15 is 0 Å². The second-order valence-electron chi connectivity index (χ2n) is 3.39. The third-order valence-electron chi connectivity index (χ3n) is 2.04. The number of thiazole rings is 1. The Morgan fingerprint density at radius 1 is 1.33 bits per heavy atom. The van der Waals surface area contributed by atoms with Crippen LogP contribution >= 0.6 is 11.3 Å². The van der Waals surface area contributed by atoms with Crippen molar-refractivity contribution in [3.05, 3.63) is 29.9 Å². The standard InChI is InChI=1S/C11H9N3O3S/c15-9(5-10(16)17)14-11-13-8(6-18-11)7-1-3-12-4-2-7/h1-4,6H,5H2,(H,16,17)(H,13,14,15). The molecule has 2 aromatic rings. The highest BCUT2D eigenvalue weighted by Gasteiger charge is 2.10. The van der Waals surface area contributed by atoms with E-state index in [-0.39, 0.29) is 0 Å². The Kier molecular flexibility index (Phi) is 3.63. The first kappa shape index (κ1) is 12.2. The number of pyridine rings is 1. The molecule has 0 atom stereocenters. The van der Waals surface area contributed by atoms with Gasteiger partial charge in [-0.25, -0.2) is 4.98 Å². The fourth-order valence-electron chi connectivity index (χ4n) is 1.29. The van der Waals surface area contributed by atoms with Gasteiger partial charge < -0.3 is 10.4 Å². The molecular formula is C11H9N3O3S. The number of aliphatic carboxylic acids is 1. The Labute approximate surface area is 106 Å². The summed E-state index contributed by atoms with van der Waals surface area (Å²) >= 11 is 1.24. The lowest BCUT2D eigenvalue weighted by Gasteiger charge is -1.97. The van der Waals surface area contributed by atoms with Gasteiger partial charge in [0, 0.05) is 23.3 Å². The fraction of sp³-hybridized carbons (Fsp3) is 0.0909. The van der Waals surface area contributed by atoms with Gasteiger partial charge in [-0.15, -0.1) is 11.3 Å². The Morgan fingerprint density at radius 2 is 2.06 bits per heavy atom. The van der Waals surface area contributed by atoms with Gasteiger partial charge in [-0.3, -0.25) is 14.6 Å². The molecule has 1 amide bonds. The summed E-state index contributed by atoms with van der Waals surface area (Å²) in [5.74, 6) is -1.75. The molecule has 0 bridgehead atoms. The molecule has 6 nitrogen and oxygen atoms in total. The van der Waals surface area contributed by atoms with Crippen LogP contribution in [-0.2, 0) is 9.59 Å². The van der Waals surface area contributed by atoms with Crippen LogP contribution in [0.1, 0.15) is 6.42 Å². The second kappa shape index (κ2) is 5.37. The average molecular weight is 263 g/mol. The van der Waals surface area contributed by atoms with Crippen LogP contribution in [0.15, 0.2) is 29.9 Å². The molecule has 0 saturated heterocycles. The van der Waals surface area contributed by atoms with Crippen molar-refractivity contribution in [2.24, 2.45) is 0 Å². The van der Waals surface area contributed by atoms with Gasteiger partial charge in [-0.05, 0) is 12.1 Å². The number of aromatic nitrogens is 2. The highest BCUT2D eigenvalue weighted by atomic mass is 32.1. The summed E-state index contributed by atoms with van der Waals surface area (Å²) in [5.41, 5.74) is 1.60. The van der Waals surface area contributed by atoms with E-state index in [1.807, 2.05) is 0 Å². The van der Waals surface area contributed by atoms with E-state index < -0.39 is 18.3 Å². The van der Waals surface area contributed by atoms with Crippen molar-refractivity contribution in [3.8, 4) is 11.3 Å². The Balaban J connectivity index is 2.07. The number of amides is 1. The molecule has 0 aliphatic rings. The van der Waals surface area contributed by atoms with Crippen molar-refractivity contribution in [1.82, 2.24) is 9.97 Å². The van der Waals surface area contributed by atoms with Gasteiger partial charge in [-0.1, -0.05) is 0 Å². The molecule has 18 heavy (non-hydrogen) atoms. The maximum atomic E-state index is 11.2. The molecular weight excluding hydrogens is 254 g/mol. The highest BCUT2D eigenvalue weighted by molar-refractivity contribution is 7.14. The molecule has 2 rings (SSSR count). The minimum absolute atomic E-state index is 0.382. The first-order valence-electron chi connectivity index (χ1n) is 5.03. The van der Waals surface area contributed by atoms with Crippen LogP contribution < -0.4 is 5.32 Å². The van der Waals surface area contributed by atoms with Crippen LogP contribution in [0.2, 0.25) is 0 Å². The van der Waals surface area contributed by atoms with E-state index in [4.69, 9.17) is 5.11 Å². The maximum absolute atomic E-state index is 11.2. The van der Waals surface area contributed by atoms with Crippen LogP contribution in [0, 0.1) is 0 Å². The normalized spacial score (nSPS) is 10.0. The number of carboxylic acid groups (broad SMARTS) is 1. The molecule has 2 heterocycles. The van der Waals surface area contributed by atoms with E-state index in [1.165, 1.54) is 11.3 Å².